The maximum Gasteiger partial charge on any atom is 0.0799 e. The molecule has 0 rings (SSSR count). The Morgan fingerprint density at radius 1 is 1.15 bits per heavy atom. The quantitative estimate of drug-likeness (QED) is 0.595. The van der Waals surface area contributed by atoms with Crippen LogP contribution in [0.25, 0.3) is 0 Å². The van der Waals surface area contributed by atoms with E-state index in [0.717, 1.165) is 6.42 Å². The highest BCUT2D eigenvalue weighted by Crippen LogP contribution is 2.06. The Morgan fingerprint density at radius 3 is 2.23 bits per heavy atom. The molecular weight excluding hydrogens is 168 g/mol. The van der Waals surface area contributed by atoms with Gasteiger partial charge in [0, 0.05) is 6.61 Å². The summed E-state index contributed by atoms with van der Waals surface area (Å²) >= 11 is 0. The molecule has 0 saturated heterocycles. The van der Waals surface area contributed by atoms with Crippen LogP contribution in [0.1, 0.15) is 40.0 Å². The molecule has 0 aromatic heterocycles. The normalized spacial score (nSPS) is 16.2. The van der Waals surface area contributed by atoms with Crippen molar-refractivity contribution in [1.82, 2.24) is 0 Å². The molecule has 0 amide bonds. The molecule has 0 unspecified atom stereocenters. The molecule has 0 radical (unpaired) electrons. The summed E-state index contributed by atoms with van der Waals surface area (Å²) < 4.78 is 5.31. The van der Waals surface area contributed by atoms with Gasteiger partial charge >= 0.3 is 0 Å². The molecule has 3 heteroatoms. The van der Waals surface area contributed by atoms with Gasteiger partial charge in [-0.25, -0.2) is 0 Å². The van der Waals surface area contributed by atoms with Crippen LogP contribution in [0.5, 0.6) is 0 Å². The van der Waals surface area contributed by atoms with Crippen LogP contribution in [-0.2, 0) is 4.74 Å². The van der Waals surface area contributed by atoms with Gasteiger partial charge in [-0.3, -0.25) is 0 Å². The molecular formula is C10H22O3. The maximum absolute atomic E-state index is 9.38. The lowest BCUT2D eigenvalue weighted by Gasteiger charge is -2.16. The molecule has 13 heavy (non-hydrogen) atoms. The summed E-state index contributed by atoms with van der Waals surface area (Å²) in [6, 6.07) is 0. The molecule has 3 nitrogen and oxygen atoms in total. The summed E-state index contributed by atoms with van der Waals surface area (Å²) in [6.45, 7) is 6.48. The summed E-state index contributed by atoms with van der Waals surface area (Å²) in [7, 11) is 0. The first-order valence-corrected chi connectivity index (χ1v) is 5.05. The highest BCUT2D eigenvalue weighted by molar-refractivity contribution is 4.64. The smallest absolute Gasteiger partial charge is 0.0799 e. The molecule has 0 aromatic rings. The Bertz CT molecular complexity index is 115. The fraction of sp³-hybridized carbons (Fsp3) is 1.00. The number of rotatable bonds is 7. The lowest BCUT2D eigenvalue weighted by atomic mass is 10.1. The molecule has 2 atom stereocenters. The van der Waals surface area contributed by atoms with E-state index in [0.29, 0.717) is 19.4 Å². The van der Waals surface area contributed by atoms with Gasteiger partial charge in [-0.1, -0.05) is 6.92 Å². The van der Waals surface area contributed by atoms with Crippen molar-refractivity contribution in [1.29, 1.82) is 0 Å². The molecule has 0 aliphatic carbocycles. The molecule has 0 aliphatic heterocycles. The molecule has 0 saturated carbocycles. The predicted molar refractivity (Wildman–Crippen MR) is 52.6 cm³/mol. The van der Waals surface area contributed by atoms with Crippen LogP contribution in [0.2, 0.25) is 0 Å². The maximum atomic E-state index is 9.38. The molecule has 0 aromatic carbocycles. The average Bonchev–Trinajstić information content (AvgIpc) is 2.10. The summed E-state index contributed by atoms with van der Waals surface area (Å²) in [5.74, 6) is 0. The average molecular weight is 190 g/mol. The second-order valence-corrected chi connectivity index (χ2v) is 3.60. The number of hydrogen-bond acceptors (Lipinski definition) is 3. The van der Waals surface area contributed by atoms with Crippen molar-refractivity contribution in [3.63, 3.8) is 0 Å². The van der Waals surface area contributed by atoms with Crippen molar-refractivity contribution in [3.8, 4) is 0 Å². The van der Waals surface area contributed by atoms with Gasteiger partial charge in [0.1, 0.15) is 0 Å². The molecule has 0 fully saturated rings. The molecule has 80 valence electrons. The number of aliphatic hydroxyl groups is 2. The molecule has 0 aliphatic rings. The van der Waals surface area contributed by atoms with E-state index in [4.69, 9.17) is 4.74 Å². The standard InChI is InChI=1S/C10H22O3/c1-4-9(11)10(12)6-5-7-13-8(2)3/h8-12H,4-7H2,1-3H3/t9-,10+/m1/s1. The van der Waals surface area contributed by atoms with Crippen LogP contribution >= 0.6 is 0 Å². The second-order valence-electron chi connectivity index (χ2n) is 3.60. The Morgan fingerprint density at radius 2 is 1.77 bits per heavy atom. The zero-order valence-electron chi connectivity index (χ0n) is 8.86. The monoisotopic (exact) mass is 190 g/mol. The van der Waals surface area contributed by atoms with Gasteiger partial charge in [-0.2, -0.15) is 0 Å². The van der Waals surface area contributed by atoms with Gasteiger partial charge < -0.3 is 14.9 Å². The fourth-order valence-corrected chi connectivity index (χ4v) is 1.08. The SMILES string of the molecule is CC[C@@H](O)[C@@H](O)CCCOC(C)C. The lowest BCUT2D eigenvalue weighted by molar-refractivity contribution is 0.00262. The lowest BCUT2D eigenvalue weighted by Crippen LogP contribution is -2.25. The van der Waals surface area contributed by atoms with Crippen LogP contribution in [0.15, 0.2) is 0 Å². The Hall–Kier alpha value is -0.120. The van der Waals surface area contributed by atoms with Gasteiger partial charge in [-0.15, -0.1) is 0 Å². The number of aliphatic hydroxyl groups excluding tert-OH is 2. The van der Waals surface area contributed by atoms with Crippen molar-refractivity contribution in [2.75, 3.05) is 6.61 Å². The number of hydrogen-bond donors (Lipinski definition) is 2. The van der Waals surface area contributed by atoms with Crippen molar-refractivity contribution in [2.45, 2.75) is 58.3 Å². The minimum atomic E-state index is -0.597. The third-order valence-electron chi connectivity index (χ3n) is 1.96. The van der Waals surface area contributed by atoms with E-state index in [1.165, 1.54) is 0 Å². The first-order valence-electron chi connectivity index (χ1n) is 5.05. The minimum absolute atomic E-state index is 0.244. The highest BCUT2D eigenvalue weighted by atomic mass is 16.5. The third kappa shape index (κ3) is 6.99. The second kappa shape index (κ2) is 7.30. The zero-order chi connectivity index (χ0) is 10.3. The van der Waals surface area contributed by atoms with Gasteiger partial charge in [0.05, 0.1) is 18.3 Å². The minimum Gasteiger partial charge on any atom is -0.390 e. The highest BCUT2D eigenvalue weighted by Gasteiger charge is 2.12. The van der Waals surface area contributed by atoms with E-state index >= 15 is 0 Å². The van der Waals surface area contributed by atoms with Crippen molar-refractivity contribution < 1.29 is 14.9 Å². The van der Waals surface area contributed by atoms with Crippen molar-refractivity contribution in [3.05, 3.63) is 0 Å². The van der Waals surface area contributed by atoms with Crippen LogP contribution in [0, 0.1) is 0 Å². The van der Waals surface area contributed by atoms with E-state index in [1.807, 2.05) is 20.8 Å². The van der Waals surface area contributed by atoms with Gasteiger partial charge in [0.25, 0.3) is 0 Å². The van der Waals surface area contributed by atoms with E-state index in [-0.39, 0.29) is 6.10 Å². The van der Waals surface area contributed by atoms with Crippen LogP contribution in [0.4, 0.5) is 0 Å². The first-order chi connectivity index (χ1) is 6.07. The summed E-state index contributed by atoms with van der Waals surface area (Å²) in [5.41, 5.74) is 0. The first kappa shape index (κ1) is 12.9. The van der Waals surface area contributed by atoms with Crippen molar-refractivity contribution >= 4 is 0 Å². The molecule has 0 bridgehead atoms. The van der Waals surface area contributed by atoms with Crippen molar-refractivity contribution in [2.24, 2.45) is 0 Å². The third-order valence-corrected chi connectivity index (χ3v) is 1.96. The van der Waals surface area contributed by atoms with Crippen LogP contribution < -0.4 is 0 Å². The number of ether oxygens (including phenoxy) is 1. The van der Waals surface area contributed by atoms with Gasteiger partial charge in [0.2, 0.25) is 0 Å². The Kier molecular flexibility index (Phi) is 7.23. The van der Waals surface area contributed by atoms with Crippen LogP contribution in [0.3, 0.4) is 0 Å². The zero-order valence-corrected chi connectivity index (χ0v) is 8.86. The van der Waals surface area contributed by atoms with E-state index in [1.54, 1.807) is 0 Å². The molecule has 2 N–H and O–H groups in total. The van der Waals surface area contributed by atoms with E-state index < -0.39 is 12.2 Å². The van der Waals surface area contributed by atoms with E-state index in [9.17, 15) is 10.2 Å². The molecule has 0 heterocycles. The van der Waals surface area contributed by atoms with Crippen LogP contribution in [-0.4, -0.2) is 35.1 Å². The van der Waals surface area contributed by atoms with Gasteiger partial charge in [0.15, 0.2) is 0 Å². The Balaban J connectivity index is 3.31. The summed E-state index contributed by atoms with van der Waals surface area (Å²) in [5, 5.41) is 18.6. The summed E-state index contributed by atoms with van der Waals surface area (Å²) in [4.78, 5) is 0. The van der Waals surface area contributed by atoms with E-state index in [2.05, 4.69) is 0 Å². The largest absolute Gasteiger partial charge is 0.390 e. The summed E-state index contributed by atoms with van der Waals surface area (Å²) in [6.07, 6.45) is 1.08. The predicted octanol–water partition coefficient (Wildman–Crippen LogP) is 1.32. The van der Waals surface area contributed by atoms with Gasteiger partial charge in [-0.05, 0) is 33.1 Å². The topological polar surface area (TPSA) is 49.7 Å². The Labute approximate surface area is 80.7 Å². The molecule has 0 spiro atoms. The fourth-order valence-electron chi connectivity index (χ4n) is 1.08.